The molecule has 5 heteroatoms. The summed E-state index contributed by atoms with van der Waals surface area (Å²) in [7, 11) is 0. The van der Waals surface area contributed by atoms with Gasteiger partial charge in [0.05, 0.1) is 0 Å². The van der Waals surface area contributed by atoms with Crippen molar-refractivity contribution < 1.29 is 0 Å². The van der Waals surface area contributed by atoms with Crippen LogP contribution in [-0.4, -0.2) is 27.2 Å². The third-order valence-electron chi connectivity index (χ3n) is 2.22. The SMILES string of the molecule is CCCNC(C)C(C)Sc1nc(C)ns1. The number of aromatic nitrogens is 2. The van der Waals surface area contributed by atoms with Crippen LogP contribution < -0.4 is 5.32 Å². The van der Waals surface area contributed by atoms with Crippen LogP contribution in [0.1, 0.15) is 33.0 Å². The molecular weight excluding hydrogens is 226 g/mol. The smallest absolute Gasteiger partial charge is 0.170 e. The fourth-order valence-electron chi connectivity index (χ4n) is 1.12. The third-order valence-corrected chi connectivity index (χ3v) is 4.40. The Kier molecular flexibility index (Phi) is 5.56. The van der Waals surface area contributed by atoms with Crippen LogP contribution in [0.25, 0.3) is 0 Å². The van der Waals surface area contributed by atoms with E-state index in [9.17, 15) is 0 Å². The lowest BCUT2D eigenvalue weighted by Crippen LogP contribution is -2.34. The van der Waals surface area contributed by atoms with E-state index in [-0.39, 0.29) is 0 Å². The van der Waals surface area contributed by atoms with Crippen molar-refractivity contribution in [3.8, 4) is 0 Å². The van der Waals surface area contributed by atoms with Gasteiger partial charge in [0.1, 0.15) is 5.82 Å². The summed E-state index contributed by atoms with van der Waals surface area (Å²) in [4.78, 5) is 4.36. The summed E-state index contributed by atoms with van der Waals surface area (Å²) in [6.07, 6.45) is 1.18. The molecule has 0 aliphatic heterocycles. The Hall–Kier alpha value is -0.130. The van der Waals surface area contributed by atoms with Gasteiger partial charge in [0.25, 0.3) is 0 Å². The molecule has 0 amide bonds. The molecule has 0 radical (unpaired) electrons. The molecule has 1 rings (SSSR count). The van der Waals surface area contributed by atoms with Crippen LogP contribution in [0, 0.1) is 6.92 Å². The van der Waals surface area contributed by atoms with E-state index < -0.39 is 0 Å². The minimum absolute atomic E-state index is 0.513. The van der Waals surface area contributed by atoms with Crippen molar-refractivity contribution in [2.24, 2.45) is 0 Å². The van der Waals surface area contributed by atoms with E-state index >= 15 is 0 Å². The highest BCUT2D eigenvalue weighted by Gasteiger charge is 2.14. The van der Waals surface area contributed by atoms with Gasteiger partial charge in [0, 0.05) is 11.3 Å². The predicted octanol–water partition coefficient (Wildman–Crippen LogP) is 2.72. The highest BCUT2D eigenvalue weighted by atomic mass is 32.2. The summed E-state index contributed by atoms with van der Waals surface area (Å²) < 4.78 is 5.25. The van der Waals surface area contributed by atoms with Gasteiger partial charge >= 0.3 is 0 Å². The fourth-order valence-corrected chi connectivity index (χ4v) is 3.09. The minimum Gasteiger partial charge on any atom is -0.313 e. The summed E-state index contributed by atoms with van der Waals surface area (Å²) in [6.45, 7) is 9.66. The molecule has 0 saturated carbocycles. The van der Waals surface area contributed by atoms with Crippen LogP contribution in [0.4, 0.5) is 0 Å². The molecule has 0 bridgehead atoms. The van der Waals surface area contributed by atoms with Gasteiger partial charge in [-0.15, -0.1) is 0 Å². The Balaban J connectivity index is 2.37. The Bertz CT molecular complexity index is 288. The normalized spacial score (nSPS) is 15.2. The molecule has 0 saturated heterocycles. The van der Waals surface area contributed by atoms with Crippen LogP contribution >= 0.6 is 23.3 Å². The lowest BCUT2D eigenvalue weighted by molar-refractivity contribution is 0.542. The second kappa shape index (κ2) is 6.45. The zero-order valence-electron chi connectivity index (χ0n) is 9.78. The zero-order chi connectivity index (χ0) is 11.3. The lowest BCUT2D eigenvalue weighted by Gasteiger charge is -2.19. The van der Waals surface area contributed by atoms with E-state index in [0.29, 0.717) is 11.3 Å². The first-order valence-electron chi connectivity index (χ1n) is 5.33. The molecule has 1 aromatic rings. The van der Waals surface area contributed by atoms with E-state index in [4.69, 9.17) is 0 Å². The summed E-state index contributed by atoms with van der Waals surface area (Å²) in [6, 6.07) is 0.513. The second-order valence-electron chi connectivity index (χ2n) is 3.67. The molecular formula is C10H19N3S2. The van der Waals surface area contributed by atoms with Crippen LogP contribution in [0.15, 0.2) is 4.34 Å². The Labute approximate surface area is 100 Å². The maximum absolute atomic E-state index is 4.36. The molecule has 0 fully saturated rings. The molecule has 3 nitrogen and oxygen atoms in total. The quantitative estimate of drug-likeness (QED) is 0.782. The Morgan fingerprint density at radius 1 is 1.47 bits per heavy atom. The highest BCUT2D eigenvalue weighted by molar-refractivity contribution is 8.01. The molecule has 15 heavy (non-hydrogen) atoms. The van der Waals surface area contributed by atoms with E-state index in [2.05, 4.69) is 35.4 Å². The van der Waals surface area contributed by atoms with Crippen molar-refractivity contribution in [1.29, 1.82) is 0 Å². The number of rotatable bonds is 6. The van der Waals surface area contributed by atoms with Gasteiger partial charge < -0.3 is 5.32 Å². The molecule has 1 N–H and O–H groups in total. The van der Waals surface area contributed by atoms with Crippen LogP contribution in [0.3, 0.4) is 0 Å². The number of aryl methyl sites for hydroxylation is 1. The molecule has 2 atom stereocenters. The Morgan fingerprint density at radius 3 is 2.73 bits per heavy atom. The molecule has 1 heterocycles. The van der Waals surface area contributed by atoms with E-state index in [1.54, 1.807) is 11.8 Å². The summed E-state index contributed by atoms with van der Waals surface area (Å²) in [5.74, 6) is 0.879. The summed E-state index contributed by atoms with van der Waals surface area (Å²) in [5.41, 5.74) is 0. The van der Waals surface area contributed by atoms with Gasteiger partial charge in [-0.25, -0.2) is 4.98 Å². The van der Waals surface area contributed by atoms with Crippen molar-refractivity contribution in [3.05, 3.63) is 5.82 Å². The van der Waals surface area contributed by atoms with Crippen LogP contribution in [0.5, 0.6) is 0 Å². The summed E-state index contributed by atoms with van der Waals surface area (Å²) >= 11 is 3.30. The third kappa shape index (κ3) is 4.49. The molecule has 0 spiro atoms. The van der Waals surface area contributed by atoms with Gasteiger partial charge in [0.2, 0.25) is 0 Å². The number of hydrogen-bond donors (Lipinski definition) is 1. The van der Waals surface area contributed by atoms with Gasteiger partial charge in [-0.1, -0.05) is 25.6 Å². The van der Waals surface area contributed by atoms with E-state index in [1.165, 1.54) is 18.0 Å². The van der Waals surface area contributed by atoms with Crippen LogP contribution in [-0.2, 0) is 0 Å². The van der Waals surface area contributed by atoms with Crippen molar-refractivity contribution >= 4 is 23.3 Å². The van der Waals surface area contributed by atoms with Gasteiger partial charge in [-0.05, 0) is 38.3 Å². The predicted molar refractivity (Wildman–Crippen MR) is 67.7 cm³/mol. The van der Waals surface area contributed by atoms with Crippen LogP contribution in [0.2, 0.25) is 0 Å². The van der Waals surface area contributed by atoms with Gasteiger partial charge in [-0.3, -0.25) is 0 Å². The number of nitrogens with one attached hydrogen (secondary N) is 1. The van der Waals surface area contributed by atoms with Crippen molar-refractivity contribution in [3.63, 3.8) is 0 Å². The molecule has 86 valence electrons. The molecule has 0 aromatic carbocycles. The largest absolute Gasteiger partial charge is 0.313 e. The van der Waals surface area contributed by atoms with E-state index in [1.807, 2.05) is 6.92 Å². The topological polar surface area (TPSA) is 37.8 Å². The lowest BCUT2D eigenvalue weighted by atomic mass is 10.2. The Morgan fingerprint density at radius 2 is 2.20 bits per heavy atom. The van der Waals surface area contributed by atoms with Crippen molar-refractivity contribution in [2.45, 2.75) is 49.7 Å². The maximum Gasteiger partial charge on any atom is 0.170 e. The molecule has 1 aromatic heterocycles. The molecule has 0 aliphatic rings. The average molecular weight is 245 g/mol. The average Bonchev–Trinajstić information content (AvgIpc) is 2.60. The van der Waals surface area contributed by atoms with Crippen molar-refractivity contribution in [1.82, 2.24) is 14.7 Å². The first-order chi connectivity index (χ1) is 7.13. The van der Waals surface area contributed by atoms with Crippen molar-refractivity contribution in [2.75, 3.05) is 6.54 Å². The monoisotopic (exact) mass is 245 g/mol. The number of hydrogen-bond acceptors (Lipinski definition) is 5. The first-order valence-corrected chi connectivity index (χ1v) is 6.99. The minimum atomic E-state index is 0.513. The number of nitrogens with zero attached hydrogens (tertiary/aromatic N) is 2. The zero-order valence-corrected chi connectivity index (χ0v) is 11.4. The molecule has 0 aliphatic carbocycles. The second-order valence-corrected chi connectivity index (χ2v) is 6.05. The maximum atomic E-state index is 4.36. The standard InChI is InChI=1S/C10H19N3S2/c1-5-6-11-7(2)8(3)14-10-12-9(4)13-15-10/h7-8,11H,5-6H2,1-4H3. The van der Waals surface area contributed by atoms with E-state index in [0.717, 1.165) is 16.7 Å². The first kappa shape index (κ1) is 12.9. The summed E-state index contributed by atoms with van der Waals surface area (Å²) in [5, 5.41) is 4.03. The highest BCUT2D eigenvalue weighted by Crippen LogP contribution is 2.26. The van der Waals surface area contributed by atoms with Gasteiger partial charge in [0.15, 0.2) is 4.34 Å². The van der Waals surface area contributed by atoms with Gasteiger partial charge in [-0.2, -0.15) is 4.37 Å². The number of thioether (sulfide) groups is 1. The molecule has 2 unspecified atom stereocenters. The fraction of sp³-hybridized carbons (Fsp3) is 0.800.